The number of nitrogens with one attached hydrogen (secondary N) is 2. The van der Waals surface area contributed by atoms with Crippen molar-refractivity contribution in [1.29, 1.82) is 0 Å². The van der Waals surface area contributed by atoms with Crippen LogP contribution in [0.1, 0.15) is 56.7 Å². The van der Waals surface area contributed by atoms with Gasteiger partial charge < -0.3 is 15.1 Å². The SMILES string of the molecule is Cc1c(C(=O)Nc2sc3c(c2C(=O)N[C@H]2CCS(=O)(=O)C2)CC[C@H](C)C3)oc2ccccc12. The number of benzene rings is 1. The van der Waals surface area contributed by atoms with E-state index in [0.717, 1.165) is 40.7 Å². The van der Waals surface area contributed by atoms with Crippen LogP contribution in [-0.4, -0.2) is 37.8 Å². The largest absolute Gasteiger partial charge is 0.451 e. The standard InChI is InChI=1S/C24H26N2O5S2/c1-13-7-8-17-19(11-13)32-24(20(17)22(27)25-15-9-10-33(29,30)12-15)26-23(28)21-14(2)16-5-3-4-6-18(16)31-21/h3-6,13,15H,7-12H2,1-2H3,(H,25,27)(H,26,28)/t13-,15-/m0/s1. The number of hydrogen-bond acceptors (Lipinski definition) is 6. The number of aryl methyl sites for hydroxylation is 1. The average molecular weight is 487 g/mol. The van der Waals surface area contributed by atoms with Gasteiger partial charge >= 0.3 is 0 Å². The van der Waals surface area contributed by atoms with Crippen molar-refractivity contribution < 1.29 is 22.4 Å². The number of thiophene rings is 1. The van der Waals surface area contributed by atoms with Gasteiger partial charge in [-0.1, -0.05) is 25.1 Å². The number of carbonyl (C=O) groups is 2. The van der Waals surface area contributed by atoms with Crippen molar-refractivity contribution in [2.45, 2.75) is 45.6 Å². The summed E-state index contributed by atoms with van der Waals surface area (Å²) in [6.45, 7) is 4.03. The number of fused-ring (bicyclic) bond motifs is 2. The van der Waals surface area contributed by atoms with E-state index in [2.05, 4.69) is 17.6 Å². The highest BCUT2D eigenvalue weighted by molar-refractivity contribution is 7.91. The van der Waals surface area contributed by atoms with Crippen molar-refractivity contribution in [2.75, 3.05) is 16.8 Å². The van der Waals surface area contributed by atoms with Gasteiger partial charge in [0.2, 0.25) is 0 Å². The molecule has 1 fully saturated rings. The van der Waals surface area contributed by atoms with Crippen LogP contribution in [0.2, 0.25) is 0 Å². The molecule has 3 heterocycles. The molecular weight excluding hydrogens is 460 g/mol. The summed E-state index contributed by atoms with van der Waals surface area (Å²) in [7, 11) is -3.11. The first-order valence-corrected chi connectivity index (χ1v) is 13.8. The summed E-state index contributed by atoms with van der Waals surface area (Å²) in [5.41, 5.74) is 2.82. The average Bonchev–Trinajstić information content (AvgIpc) is 3.40. The molecule has 3 aromatic rings. The molecule has 2 N–H and O–H groups in total. The zero-order valence-corrected chi connectivity index (χ0v) is 20.2. The van der Waals surface area contributed by atoms with Crippen molar-refractivity contribution in [1.82, 2.24) is 5.32 Å². The summed E-state index contributed by atoms with van der Waals surface area (Å²) in [6, 6.07) is 7.07. The lowest BCUT2D eigenvalue weighted by molar-refractivity contribution is 0.0941. The lowest BCUT2D eigenvalue weighted by atomic mass is 9.88. The van der Waals surface area contributed by atoms with Crippen molar-refractivity contribution in [2.24, 2.45) is 5.92 Å². The molecule has 2 atom stereocenters. The van der Waals surface area contributed by atoms with Gasteiger partial charge in [0.15, 0.2) is 15.6 Å². The van der Waals surface area contributed by atoms with Gasteiger partial charge in [0.25, 0.3) is 11.8 Å². The minimum Gasteiger partial charge on any atom is -0.451 e. The van der Waals surface area contributed by atoms with Gasteiger partial charge in [-0.15, -0.1) is 11.3 Å². The van der Waals surface area contributed by atoms with Crippen molar-refractivity contribution in [3.05, 3.63) is 51.6 Å². The maximum Gasteiger partial charge on any atom is 0.292 e. The molecule has 0 unspecified atom stereocenters. The minimum atomic E-state index is -3.11. The Morgan fingerprint density at radius 1 is 1.15 bits per heavy atom. The Hall–Kier alpha value is -2.65. The fraction of sp³-hybridized carbons (Fsp3) is 0.417. The van der Waals surface area contributed by atoms with E-state index in [1.807, 2.05) is 31.2 Å². The van der Waals surface area contributed by atoms with Crippen LogP contribution in [0.4, 0.5) is 5.00 Å². The molecule has 2 aliphatic rings. The Morgan fingerprint density at radius 3 is 2.67 bits per heavy atom. The number of furan rings is 1. The summed E-state index contributed by atoms with van der Waals surface area (Å²) in [5, 5.41) is 7.20. The van der Waals surface area contributed by atoms with Crippen LogP contribution in [0.25, 0.3) is 11.0 Å². The number of sulfone groups is 1. The first-order valence-electron chi connectivity index (χ1n) is 11.2. The minimum absolute atomic E-state index is 0.0397. The molecule has 33 heavy (non-hydrogen) atoms. The molecule has 174 valence electrons. The van der Waals surface area contributed by atoms with Crippen LogP contribution in [-0.2, 0) is 22.7 Å². The molecule has 5 rings (SSSR count). The maximum atomic E-state index is 13.3. The normalized spacial score (nSPS) is 21.6. The first-order chi connectivity index (χ1) is 15.7. The molecular formula is C24H26N2O5S2. The van der Waals surface area contributed by atoms with Crippen molar-refractivity contribution in [3.63, 3.8) is 0 Å². The van der Waals surface area contributed by atoms with E-state index in [4.69, 9.17) is 4.42 Å². The Bertz CT molecular complexity index is 1370. The number of para-hydroxylation sites is 1. The first kappa shape index (κ1) is 22.2. The van der Waals surface area contributed by atoms with Crippen LogP contribution >= 0.6 is 11.3 Å². The monoisotopic (exact) mass is 486 g/mol. The Kier molecular flexibility index (Phi) is 5.56. The highest BCUT2D eigenvalue weighted by atomic mass is 32.2. The molecule has 1 saturated heterocycles. The predicted octanol–water partition coefficient (Wildman–Crippen LogP) is 4.10. The fourth-order valence-electron chi connectivity index (χ4n) is 4.80. The maximum absolute atomic E-state index is 13.3. The highest BCUT2D eigenvalue weighted by Crippen LogP contribution is 2.40. The predicted molar refractivity (Wildman–Crippen MR) is 129 cm³/mol. The summed E-state index contributed by atoms with van der Waals surface area (Å²) in [4.78, 5) is 27.6. The second kappa shape index (κ2) is 8.29. The molecule has 0 saturated carbocycles. The molecule has 0 radical (unpaired) electrons. The Balaban J connectivity index is 1.47. The number of anilines is 1. The molecule has 0 spiro atoms. The second-order valence-corrected chi connectivity index (χ2v) is 12.5. The van der Waals surface area contributed by atoms with E-state index in [0.29, 0.717) is 28.5 Å². The number of rotatable bonds is 4. The zero-order chi connectivity index (χ0) is 23.3. The van der Waals surface area contributed by atoms with Gasteiger partial charge in [-0.2, -0.15) is 0 Å². The fourth-order valence-corrected chi connectivity index (χ4v) is 7.87. The quantitative estimate of drug-likeness (QED) is 0.578. The molecule has 0 bridgehead atoms. The molecule has 1 aromatic carbocycles. The van der Waals surface area contributed by atoms with Crippen molar-refractivity contribution >= 4 is 49.0 Å². The van der Waals surface area contributed by atoms with Crippen molar-refractivity contribution in [3.8, 4) is 0 Å². The van der Waals surface area contributed by atoms with Gasteiger partial charge in [0.1, 0.15) is 10.6 Å². The number of hydrogen-bond donors (Lipinski definition) is 2. The highest BCUT2D eigenvalue weighted by Gasteiger charge is 2.33. The summed E-state index contributed by atoms with van der Waals surface area (Å²) < 4.78 is 29.5. The second-order valence-electron chi connectivity index (χ2n) is 9.14. The third-order valence-corrected chi connectivity index (χ3v) is 9.52. The van der Waals surface area contributed by atoms with E-state index in [1.165, 1.54) is 11.3 Å². The van der Waals surface area contributed by atoms with Crippen LogP contribution < -0.4 is 10.6 Å². The van der Waals surface area contributed by atoms with Crippen LogP contribution in [0.5, 0.6) is 0 Å². The summed E-state index contributed by atoms with van der Waals surface area (Å²) in [6.07, 6.45) is 3.01. The number of carbonyl (C=O) groups excluding carboxylic acids is 2. The van der Waals surface area contributed by atoms with Crippen LogP contribution in [0, 0.1) is 12.8 Å². The molecule has 7 nitrogen and oxygen atoms in total. The lowest BCUT2D eigenvalue weighted by Gasteiger charge is -2.19. The van der Waals surface area contributed by atoms with E-state index in [9.17, 15) is 18.0 Å². The Labute approximate surface area is 196 Å². The van der Waals surface area contributed by atoms with Gasteiger partial charge in [0.05, 0.1) is 17.1 Å². The molecule has 2 amide bonds. The lowest BCUT2D eigenvalue weighted by Crippen LogP contribution is -2.36. The molecule has 9 heteroatoms. The third-order valence-electron chi connectivity index (χ3n) is 6.58. The summed E-state index contributed by atoms with van der Waals surface area (Å²) >= 11 is 1.43. The van der Waals surface area contributed by atoms with Gasteiger partial charge in [-0.3, -0.25) is 9.59 Å². The van der Waals surface area contributed by atoms with E-state index < -0.39 is 21.8 Å². The van der Waals surface area contributed by atoms with Gasteiger partial charge in [0, 0.05) is 21.9 Å². The zero-order valence-electron chi connectivity index (χ0n) is 18.6. The van der Waals surface area contributed by atoms with E-state index >= 15 is 0 Å². The van der Waals surface area contributed by atoms with Crippen LogP contribution in [0.3, 0.4) is 0 Å². The smallest absolute Gasteiger partial charge is 0.292 e. The van der Waals surface area contributed by atoms with Gasteiger partial charge in [-0.05, 0) is 50.2 Å². The van der Waals surface area contributed by atoms with Crippen LogP contribution in [0.15, 0.2) is 28.7 Å². The molecule has 1 aliphatic carbocycles. The number of amides is 2. The van der Waals surface area contributed by atoms with Gasteiger partial charge in [-0.25, -0.2) is 8.42 Å². The summed E-state index contributed by atoms with van der Waals surface area (Å²) in [5.74, 6) is 0.0692. The third kappa shape index (κ3) is 4.19. The van der Waals surface area contributed by atoms with E-state index in [-0.39, 0.29) is 23.2 Å². The Morgan fingerprint density at radius 2 is 1.94 bits per heavy atom. The molecule has 2 aromatic heterocycles. The van der Waals surface area contributed by atoms with E-state index in [1.54, 1.807) is 0 Å². The molecule has 1 aliphatic heterocycles. The topological polar surface area (TPSA) is 105 Å².